The van der Waals surface area contributed by atoms with Crippen molar-refractivity contribution in [1.82, 2.24) is 0 Å². The standard InChI is InChI=1S/C19H31NO/c1-5-6-7-8-9-18-10-11-19(15(2)12-18)20-13-16(3)21-17(4)14-20/h10-12,16-17H,5-9,13-14H2,1-4H3/t16-,17+. The summed E-state index contributed by atoms with van der Waals surface area (Å²) in [6.07, 6.45) is 7.21. The summed E-state index contributed by atoms with van der Waals surface area (Å²) in [6, 6.07) is 7.01. The second-order valence-corrected chi connectivity index (χ2v) is 6.59. The molecule has 0 saturated carbocycles. The van der Waals surface area contributed by atoms with Crippen molar-refractivity contribution >= 4 is 5.69 Å². The molecule has 0 N–H and O–H groups in total. The molecule has 1 fully saturated rings. The summed E-state index contributed by atoms with van der Waals surface area (Å²) in [5, 5.41) is 0. The summed E-state index contributed by atoms with van der Waals surface area (Å²) in [5.74, 6) is 0. The van der Waals surface area contributed by atoms with Gasteiger partial charge in [-0.05, 0) is 50.8 Å². The molecule has 2 rings (SSSR count). The van der Waals surface area contributed by atoms with Crippen LogP contribution in [0.5, 0.6) is 0 Å². The van der Waals surface area contributed by atoms with Crippen LogP contribution < -0.4 is 4.90 Å². The van der Waals surface area contributed by atoms with Gasteiger partial charge in [-0.1, -0.05) is 38.3 Å². The Morgan fingerprint density at radius 2 is 1.81 bits per heavy atom. The van der Waals surface area contributed by atoms with Crippen LogP contribution in [0, 0.1) is 6.92 Å². The molecule has 1 aromatic carbocycles. The van der Waals surface area contributed by atoms with Gasteiger partial charge in [0.2, 0.25) is 0 Å². The van der Waals surface area contributed by atoms with Gasteiger partial charge in [0.1, 0.15) is 0 Å². The van der Waals surface area contributed by atoms with E-state index in [1.807, 2.05) is 0 Å². The summed E-state index contributed by atoms with van der Waals surface area (Å²) in [5.41, 5.74) is 4.28. The predicted octanol–water partition coefficient (Wildman–Crippen LogP) is 4.73. The van der Waals surface area contributed by atoms with Crippen molar-refractivity contribution in [2.45, 2.75) is 72.0 Å². The summed E-state index contributed by atoms with van der Waals surface area (Å²) >= 11 is 0. The molecule has 0 aliphatic carbocycles. The summed E-state index contributed by atoms with van der Waals surface area (Å²) < 4.78 is 5.84. The van der Waals surface area contributed by atoms with Crippen molar-refractivity contribution in [3.63, 3.8) is 0 Å². The van der Waals surface area contributed by atoms with Crippen LogP contribution in [0.1, 0.15) is 57.6 Å². The van der Waals surface area contributed by atoms with E-state index in [0.717, 1.165) is 13.1 Å². The lowest BCUT2D eigenvalue weighted by Gasteiger charge is -2.37. The van der Waals surface area contributed by atoms with E-state index in [-0.39, 0.29) is 0 Å². The van der Waals surface area contributed by atoms with Crippen LogP contribution in [0.15, 0.2) is 18.2 Å². The average Bonchev–Trinajstić information content (AvgIpc) is 2.42. The number of rotatable bonds is 6. The molecular formula is C19H31NO. The molecule has 2 nitrogen and oxygen atoms in total. The van der Waals surface area contributed by atoms with E-state index >= 15 is 0 Å². The molecule has 2 atom stereocenters. The second kappa shape index (κ2) is 7.84. The Balaban J connectivity index is 1.98. The van der Waals surface area contributed by atoms with Gasteiger partial charge in [0.05, 0.1) is 12.2 Å². The molecule has 1 saturated heterocycles. The number of hydrogen-bond donors (Lipinski definition) is 0. The molecule has 0 aromatic heterocycles. The van der Waals surface area contributed by atoms with E-state index < -0.39 is 0 Å². The maximum absolute atomic E-state index is 5.84. The molecular weight excluding hydrogens is 258 g/mol. The lowest BCUT2D eigenvalue weighted by molar-refractivity contribution is -0.00524. The Morgan fingerprint density at radius 1 is 1.10 bits per heavy atom. The highest BCUT2D eigenvalue weighted by molar-refractivity contribution is 5.55. The topological polar surface area (TPSA) is 12.5 Å². The predicted molar refractivity (Wildman–Crippen MR) is 91.2 cm³/mol. The molecule has 1 aliphatic rings. The Bertz CT molecular complexity index is 433. The van der Waals surface area contributed by atoms with Gasteiger partial charge in [-0.15, -0.1) is 0 Å². The Morgan fingerprint density at radius 3 is 2.43 bits per heavy atom. The molecule has 2 heteroatoms. The number of unbranched alkanes of at least 4 members (excludes halogenated alkanes) is 3. The molecule has 118 valence electrons. The highest BCUT2D eigenvalue weighted by Crippen LogP contribution is 2.25. The second-order valence-electron chi connectivity index (χ2n) is 6.59. The number of hydrogen-bond acceptors (Lipinski definition) is 2. The zero-order chi connectivity index (χ0) is 15.2. The van der Waals surface area contributed by atoms with Gasteiger partial charge in [0.15, 0.2) is 0 Å². The minimum absolute atomic E-state index is 0.321. The summed E-state index contributed by atoms with van der Waals surface area (Å²) in [6.45, 7) is 10.8. The minimum Gasteiger partial charge on any atom is -0.372 e. The van der Waals surface area contributed by atoms with E-state index in [4.69, 9.17) is 4.74 Å². The van der Waals surface area contributed by atoms with Crippen LogP contribution in [-0.4, -0.2) is 25.3 Å². The number of morpholine rings is 1. The van der Waals surface area contributed by atoms with E-state index in [1.54, 1.807) is 0 Å². The molecule has 0 amide bonds. The molecule has 21 heavy (non-hydrogen) atoms. The minimum atomic E-state index is 0.321. The van der Waals surface area contributed by atoms with Gasteiger partial charge in [-0.3, -0.25) is 0 Å². The first-order chi connectivity index (χ1) is 10.1. The molecule has 1 aromatic rings. The van der Waals surface area contributed by atoms with Crippen molar-refractivity contribution in [2.24, 2.45) is 0 Å². The monoisotopic (exact) mass is 289 g/mol. The van der Waals surface area contributed by atoms with Gasteiger partial charge >= 0.3 is 0 Å². The fourth-order valence-electron chi connectivity index (χ4n) is 3.36. The van der Waals surface area contributed by atoms with Crippen LogP contribution in [0.3, 0.4) is 0 Å². The van der Waals surface area contributed by atoms with E-state index in [1.165, 1.54) is 48.9 Å². The number of nitrogens with zero attached hydrogens (tertiary/aromatic N) is 1. The smallest absolute Gasteiger partial charge is 0.0726 e. The highest BCUT2D eigenvalue weighted by Gasteiger charge is 2.23. The fraction of sp³-hybridized carbons (Fsp3) is 0.684. The molecule has 1 aliphatic heterocycles. The fourth-order valence-corrected chi connectivity index (χ4v) is 3.36. The molecule has 0 radical (unpaired) electrons. The van der Waals surface area contributed by atoms with Gasteiger partial charge in [-0.2, -0.15) is 0 Å². The molecule has 0 unspecified atom stereocenters. The first-order valence-electron chi connectivity index (χ1n) is 8.60. The SMILES string of the molecule is CCCCCCc1ccc(N2C[C@@H](C)O[C@@H](C)C2)c(C)c1. The quantitative estimate of drug-likeness (QED) is 0.702. The lowest BCUT2D eigenvalue weighted by Crippen LogP contribution is -2.45. The van der Waals surface area contributed by atoms with Crippen molar-refractivity contribution in [2.75, 3.05) is 18.0 Å². The largest absolute Gasteiger partial charge is 0.372 e. The van der Waals surface area contributed by atoms with Crippen molar-refractivity contribution < 1.29 is 4.74 Å². The van der Waals surface area contributed by atoms with E-state index in [0.29, 0.717) is 12.2 Å². The number of ether oxygens (including phenoxy) is 1. The van der Waals surface area contributed by atoms with Crippen LogP contribution in [0.4, 0.5) is 5.69 Å². The van der Waals surface area contributed by atoms with Crippen molar-refractivity contribution in [3.05, 3.63) is 29.3 Å². The Kier molecular flexibility index (Phi) is 6.10. The van der Waals surface area contributed by atoms with Crippen molar-refractivity contribution in [3.8, 4) is 0 Å². The maximum atomic E-state index is 5.84. The van der Waals surface area contributed by atoms with Gasteiger partial charge in [0, 0.05) is 18.8 Å². The Labute approximate surface area is 130 Å². The van der Waals surface area contributed by atoms with Crippen LogP contribution >= 0.6 is 0 Å². The number of anilines is 1. The highest BCUT2D eigenvalue weighted by atomic mass is 16.5. The van der Waals surface area contributed by atoms with Gasteiger partial charge in [0.25, 0.3) is 0 Å². The van der Waals surface area contributed by atoms with Gasteiger partial charge < -0.3 is 9.64 Å². The third kappa shape index (κ3) is 4.74. The lowest BCUT2D eigenvalue weighted by atomic mass is 10.0. The van der Waals surface area contributed by atoms with Gasteiger partial charge in [-0.25, -0.2) is 0 Å². The zero-order valence-corrected chi connectivity index (χ0v) is 14.2. The van der Waals surface area contributed by atoms with Crippen LogP contribution in [0.2, 0.25) is 0 Å². The third-order valence-corrected chi connectivity index (χ3v) is 4.34. The van der Waals surface area contributed by atoms with E-state index in [9.17, 15) is 0 Å². The number of aryl methyl sites for hydroxylation is 2. The maximum Gasteiger partial charge on any atom is 0.0726 e. The molecule has 1 heterocycles. The molecule has 0 bridgehead atoms. The summed E-state index contributed by atoms with van der Waals surface area (Å²) in [4.78, 5) is 2.48. The number of benzene rings is 1. The third-order valence-electron chi connectivity index (χ3n) is 4.34. The van der Waals surface area contributed by atoms with E-state index in [2.05, 4.69) is 50.8 Å². The normalized spacial score (nSPS) is 22.6. The Hall–Kier alpha value is -1.02. The average molecular weight is 289 g/mol. The van der Waals surface area contributed by atoms with Crippen LogP contribution in [-0.2, 0) is 11.2 Å². The zero-order valence-electron chi connectivity index (χ0n) is 14.2. The first-order valence-corrected chi connectivity index (χ1v) is 8.60. The molecule has 0 spiro atoms. The first kappa shape index (κ1) is 16.4. The van der Waals surface area contributed by atoms with Crippen molar-refractivity contribution in [1.29, 1.82) is 0 Å². The summed E-state index contributed by atoms with van der Waals surface area (Å²) in [7, 11) is 0. The van der Waals surface area contributed by atoms with Crippen LogP contribution in [0.25, 0.3) is 0 Å².